The van der Waals surface area contributed by atoms with Crippen molar-refractivity contribution in [3.8, 4) is 0 Å². The number of rotatable bonds is 6. The van der Waals surface area contributed by atoms with Gasteiger partial charge in [-0.05, 0) is 65.3 Å². The Morgan fingerprint density at radius 1 is 1.08 bits per heavy atom. The fourth-order valence-electron chi connectivity index (χ4n) is 5.26. The first-order valence-corrected chi connectivity index (χ1v) is 14.0. The fourth-order valence-corrected chi connectivity index (χ4v) is 6.70. The van der Waals surface area contributed by atoms with E-state index in [4.69, 9.17) is 0 Å². The lowest BCUT2D eigenvalue weighted by atomic mass is 9.84. The Morgan fingerprint density at radius 2 is 1.84 bits per heavy atom. The van der Waals surface area contributed by atoms with Gasteiger partial charge < -0.3 is 5.11 Å². The molecule has 0 bridgehead atoms. The van der Waals surface area contributed by atoms with Gasteiger partial charge in [0, 0.05) is 26.1 Å². The molecule has 1 aromatic heterocycles. The maximum absolute atomic E-state index is 11.9. The molecule has 1 aliphatic heterocycles. The topological polar surface area (TPSA) is 112 Å². The van der Waals surface area contributed by atoms with Crippen LogP contribution in [0, 0.1) is 13.8 Å². The predicted octanol–water partition coefficient (Wildman–Crippen LogP) is 5.42. The molecule has 0 radical (unpaired) electrons. The van der Waals surface area contributed by atoms with Crippen molar-refractivity contribution in [2.45, 2.75) is 45.7 Å². The Kier molecular flexibility index (Phi) is 6.80. The number of carbonyl (C=O) groups is 1. The Morgan fingerprint density at radius 3 is 2.59 bits per heavy atom. The second kappa shape index (κ2) is 9.90. The normalized spacial score (nSPS) is 17.2. The molecule has 0 saturated heterocycles. The van der Waals surface area contributed by atoms with Crippen LogP contribution in [-0.2, 0) is 31.4 Å². The molecule has 8 nitrogen and oxygen atoms in total. The summed E-state index contributed by atoms with van der Waals surface area (Å²) in [6.45, 7) is 4.77. The van der Waals surface area contributed by atoms with E-state index in [-0.39, 0.29) is 12.3 Å². The Balaban J connectivity index is 1.53. The summed E-state index contributed by atoms with van der Waals surface area (Å²) in [4.78, 5) is 11.9. The van der Waals surface area contributed by atoms with Crippen LogP contribution < -0.4 is 0 Å². The third-order valence-electron chi connectivity index (χ3n) is 7.48. The predicted molar refractivity (Wildman–Crippen MR) is 146 cm³/mol. The molecule has 3 N–H and O–H groups in total. The van der Waals surface area contributed by atoms with Crippen molar-refractivity contribution in [3.63, 3.8) is 0 Å². The quantitative estimate of drug-likeness (QED) is 0.311. The van der Waals surface area contributed by atoms with Crippen LogP contribution in [0.2, 0.25) is 0 Å². The minimum absolute atomic E-state index is 0.0681. The van der Waals surface area contributed by atoms with Crippen molar-refractivity contribution < 1.29 is 19.0 Å². The molecule has 194 valence electrons. The lowest BCUT2D eigenvalue weighted by Crippen LogP contribution is -2.28. The first-order chi connectivity index (χ1) is 17.6. The number of hydrogen-bond acceptors (Lipinski definition) is 6. The van der Waals surface area contributed by atoms with Crippen LogP contribution in [0.3, 0.4) is 0 Å². The molecule has 37 heavy (non-hydrogen) atoms. The number of fused-ring (bicyclic) bond motifs is 2. The maximum atomic E-state index is 11.9. The summed E-state index contributed by atoms with van der Waals surface area (Å²) in [5.41, 5.74) is 8.57. The van der Waals surface area contributed by atoms with Crippen molar-refractivity contribution in [1.82, 2.24) is 19.3 Å². The van der Waals surface area contributed by atoms with Gasteiger partial charge in [-0.1, -0.05) is 53.7 Å². The molecule has 5 rings (SSSR count). The molecule has 1 atom stereocenters. The zero-order valence-corrected chi connectivity index (χ0v) is 22.1. The monoisotopic (exact) mass is 520 g/mol. The van der Waals surface area contributed by atoms with E-state index >= 15 is 0 Å². The number of carboxylic acid groups (broad SMARTS) is 1. The van der Waals surface area contributed by atoms with Gasteiger partial charge in [-0.2, -0.15) is 4.31 Å². The summed E-state index contributed by atoms with van der Waals surface area (Å²) in [6.07, 6.45) is 0.556. The van der Waals surface area contributed by atoms with Gasteiger partial charge in [-0.15, -0.1) is 15.9 Å². The molecule has 0 amide bonds. The number of nitrogens with zero attached hydrogens (tertiary/aromatic N) is 4. The van der Waals surface area contributed by atoms with E-state index in [1.807, 2.05) is 75.5 Å². The van der Waals surface area contributed by atoms with Crippen LogP contribution in [0.25, 0.3) is 11.0 Å². The van der Waals surface area contributed by atoms with Crippen LogP contribution >= 0.6 is 10.8 Å². The molecule has 0 spiro atoms. The zero-order chi connectivity index (χ0) is 26.3. The third kappa shape index (κ3) is 5.00. The molecule has 0 aliphatic carbocycles. The number of aliphatic carboxylic acids is 1. The van der Waals surface area contributed by atoms with E-state index < -0.39 is 16.7 Å². The van der Waals surface area contributed by atoms with E-state index in [9.17, 15) is 19.0 Å². The molecule has 9 heteroatoms. The minimum Gasteiger partial charge on any atom is -0.481 e. The lowest BCUT2D eigenvalue weighted by molar-refractivity contribution is -0.137. The Labute approximate surface area is 218 Å². The molecule has 4 aromatic rings. The van der Waals surface area contributed by atoms with E-state index in [0.29, 0.717) is 25.3 Å². The van der Waals surface area contributed by atoms with Gasteiger partial charge >= 0.3 is 5.97 Å². The smallest absolute Gasteiger partial charge is 0.304 e. The lowest BCUT2D eigenvalue weighted by Gasteiger charge is -2.42. The van der Waals surface area contributed by atoms with Crippen LogP contribution in [0.15, 0.2) is 54.6 Å². The number of benzene rings is 3. The van der Waals surface area contributed by atoms with Crippen LogP contribution in [0.1, 0.15) is 51.3 Å². The first-order valence-electron chi connectivity index (χ1n) is 12.3. The number of aryl methyl sites for hydroxylation is 4. The third-order valence-corrected chi connectivity index (χ3v) is 9.32. The Bertz CT molecular complexity index is 1480. The number of carboxylic acids is 1. The largest absolute Gasteiger partial charge is 0.481 e. The molecule has 1 unspecified atom stereocenters. The number of hydrogen-bond donors (Lipinski definition) is 3. The second-order valence-electron chi connectivity index (χ2n) is 9.85. The average Bonchev–Trinajstić information content (AvgIpc) is 3.18. The molecular weight excluding hydrogens is 488 g/mol. The average molecular weight is 521 g/mol. The second-order valence-corrected chi connectivity index (χ2v) is 12.0. The molecule has 2 heterocycles. The zero-order valence-electron chi connectivity index (χ0n) is 21.3. The summed E-state index contributed by atoms with van der Waals surface area (Å²) in [5, 5.41) is 18.2. The first kappa shape index (κ1) is 25.4. The molecule has 0 fully saturated rings. The van der Waals surface area contributed by atoms with Gasteiger partial charge in [0.1, 0.15) is 5.52 Å². The van der Waals surface area contributed by atoms with Gasteiger partial charge in [0.05, 0.1) is 17.7 Å². The highest BCUT2D eigenvalue weighted by atomic mass is 32.3. The highest BCUT2D eigenvalue weighted by Crippen LogP contribution is 2.48. The minimum atomic E-state index is -2.95. The van der Waals surface area contributed by atoms with Crippen LogP contribution in [-0.4, -0.2) is 45.2 Å². The van der Waals surface area contributed by atoms with Crippen LogP contribution in [0.5, 0.6) is 0 Å². The molecule has 1 aliphatic rings. The van der Waals surface area contributed by atoms with Crippen molar-refractivity contribution in [3.05, 3.63) is 93.5 Å². The number of aromatic nitrogens is 3. The van der Waals surface area contributed by atoms with E-state index in [2.05, 4.69) is 10.3 Å². The van der Waals surface area contributed by atoms with Gasteiger partial charge in [0.25, 0.3) is 0 Å². The Hall–Kier alpha value is -3.24. The van der Waals surface area contributed by atoms with Crippen molar-refractivity contribution in [1.29, 1.82) is 0 Å². The summed E-state index contributed by atoms with van der Waals surface area (Å²) >= 11 is 0. The highest BCUT2D eigenvalue weighted by Gasteiger charge is 2.29. The van der Waals surface area contributed by atoms with Crippen molar-refractivity contribution >= 4 is 27.8 Å². The molecule has 0 saturated carbocycles. The maximum Gasteiger partial charge on any atom is 0.304 e. The standard InChI is InChI=1S/C28H32N4O4S/c1-18-8-9-21(25(15-27(33)34)24-10-11-26-28(19(24)2)29-30-31(26)3)14-23(18)17-32-16-22-7-5-4-6-20(22)12-13-37(32,35)36/h4-11,14,25,35-36H,12-13,15-17H2,1-3H3,(H,33,34). The van der Waals surface area contributed by atoms with Crippen LogP contribution in [0.4, 0.5) is 0 Å². The summed E-state index contributed by atoms with van der Waals surface area (Å²) < 4.78 is 25.5. The van der Waals surface area contributed by atoms with E-state index in [0.717, 1.165) is 50.0 Å². The molecular formula is C28H32N4O4S. The van der Waals surface area contributed by atoms with Crippen molar-refractivity contribution in [2.24, 2.45) is 7.05 Å². The molecule has 3 aromatic carbocycles. The summed E-state index contributed by atoms with van der Waals surface area (Å²) in [6, 6.07) is 17.9. The van der Waals surface area contributed by atoms with Gasteiger partial charge in [-0.25, -0.2) is 4.68 Å². The van der Waals surface area contributed by atoms with E-state index in [1.54, 1.807) is 8.99 Å². The van der Waals surface area contributed by atoms with Gasteiger partial charge in [0.15, 0.2) is 0 Å². The van der Waals surface area contributed by atoms with Gasteiger partial charge in [0.2, 0.25) is 0 Å². The van der Waals surface area contributed by atoms with E-state index in [1.165, 1.54) is 0 Å². The van der Waals surface area contributed by atoms with Crippen molar-refractivity contribution in [2.75, 3.05) is 5.75 Å². The summed E-state index contributed by atoms with van der Waals surface area (Å²) in [7, 11) is -1.12. The SMILES string of the molecule is Cc1ccc(C(CC(=O)O)c2ccc3c(nnn3C)c2C)cc1CN1Cc2ccccc2CCS1(O)O. The highest BCUT2D eigenvalue weighted by molar-refractivity contribution is 8.22. The fraction of sp³-hybridized carbons (Fsp3) is 0.321. The van der Waals surface area contributed by atoms with Gasteiger partial charge in [-0.3, -0.25) is 13.9 Å². The summed E-state index contributed by atoms with van der Waals surface area (Å²) in [5.74, 6) is -0.973.